The van der Waals surface area contributed by atoms with Gasteiger partial charge in [-0.2, -0.15) is 0 Å². The van der Waals surface area contributed by atoms with E-state index in [4.69, 9.17) is 4.74 Å². The highest BCUT2D eigenvalue weighted by molar-refractivity contribution is 7.80. The molecule has 0 fully saturated rings. The van der Waals surface area contributed by atoms with Gasteiger partial charge in [0.2, 0.25) is 0 Å². The summed E-state index contributed by atoms with van der Waals surface area (Å²) >= 11 is 0. The van der Waals surface area contributed by atoms with Crippen LogP contribution in [-0.2, 0) is 0 Å². The Morgan fingerprint density at radius 1 is 0.438 bits per heavy atom. The molecular formula is C30H23OP. The first-order chi connectivity index (χ1) is 15.9. The second-order valence-corrected chi connectivity index (χ2v) is 9.65. The van der Waals surface area contributed by atoms with Crippen LogP contribution >= 0.6 is 7.92 Å². The Hall–Kier alpha value is -3.67. The predicted molar refractivity (Wildman–Crippen MR) is 137 cm³/mol. The van der Waals surface area contributed by atoms with Gasteiger partial charge in [-0.15, -0.1) is 0 Å². The molecule has 0 aliphatic heterocycles. The second kappa shape index (κ2) is 9.64. The van der Waals surface area contributed by atoms with Crippen molar-refractivity contribution in [2.45, 2.75) is 0 Å². The summed E-state index contributed by atoms with van der Waals surface area (Å²) in [6.45, 7) is 0. The molecule has 0 atom stereocenters. The molecule has 1 nitrogen and oxygen atoms in total. The van der Waals surface area contributed by atoms with Gasteiger partial charge in [-0.1, -0.05) is 115 Å². The number of benzene rings is 5. The molecule has 0 N–H and O–H groups in total. The smallest absolute Gasteiger partial charge is 0.128 e. The second-order valence-electron chi connectivity index (χ2n) is 7.47. The molecule has 0 aliphatic rings. The predicted octanol–water partition coefficient (Wildman–Crippen LogP) is 6.90. The minimum absolute atomic E-state index is 0.761. The van der Waals surface area contributed by atoms with Crippen LogP contribution in [-0.4, -0.2) is 0 Å². The van der Waals surface area contributed by atoms with E-state index in [-0.39, 0.29) is 0 Å². The van der Waals surface area contributed by atoms with Crippen LogP contribution in [0.5, 0.6) is 11.5 Å². The van der Waals surface area contributed by atoms with E-state index in [2.05, 4.69) is 109 Å². The van der Waals surface area contributed by atoms with E-state index in [1.165, 1.54) is 27.0 Å². The largest absolute Gasteiger partial charge is 0.457 e. The van der Waals surface area contributed by atoms with Crippen LogP contribution in [0.4, 0.5) is 0 Å². The molecule has 2 heteroatoms. The van der Waals surface area contributed by atoms with Gasteiger partial charge in [-0.05, 0) is 59.2 Å². The molecule has 0 aliphatic carbocycles. The van der Waals surface area contributed by atoms with Gasteiger partial charge in [0.1, 0.15) is 11.5 Å². The van der Waals surface area contributed by atoms with E-state index in [1.807, 2.05) is 30.3 Å². The first-order valence-electron chi connectivity index (χ1n) is 10.7. The molecule has 5 rings (SSSR count). The van der Waals surface area contributed by atoms with Crippen molar-refractivity contribution in [3.63, 3.8) is 0 Å². The van der Waals surface area contributed by atoms with Crippen LogP contribution in [0, 0.1) is 0 Å². The number of ether oxygens (including phenoxy) is 1. The number of para-hydroxylation sites is 1. The highest BCUT2D eigenvalue weighted by Gasteiger charge is 2.21. The molecule has 154 valence electrons. The van der Waals surface area contributed by atoms with Gasteiger partial charge < -0.3 is 4.74 Å². The van der Waals surface area contributed by atoms with Crippen molar-refractivity contribution in [2.24, 2.45) is 0 Å². The third kappa shape index (κ3) is 4.49. The van der Waals surface area contributed by atoms with Gasteiger partial charge in [0.15, 0.2) is 0 Å². The Bertz CT molecular complexity index is 1230. The summed E-state index contributed by atoms with van der Waals surface area (Å²) in [5, 5.41) is 3.93. The summed E-state index contributed by atoms with van der Waals surface area (Å²) in [6.07, 6.45) is 0. The summed E-state index contributed by atoms with van der Waals surface area (Å²) in [4.78, 5) is 0. The minimum Gasteiger partial charge on any atom is -0.457 e. The molecule has 0 unspecified atom stereocenters. The number of hydrogen-bond donors (Lipinski definition) is 0. The average Bonchev–Trinajstić information content (AvgIpc) is 2.87. The Labute approximate surface area is 190 Å². The normalized spacial score (nSPS) is 10.8. The van der Waals surface area contributed by atoms with E-state index in [0.29, 0.717) is 0 Å². The van der Waals surface area contributed by atoms with E-state index in [0.717, 1.165) is 11.5 Å². The van der Waals surface area contributed by atoms with Gasteiger partial charge >= 0.3 is 0 Å². The summed E-state index contributed by atoms with van der Waals surface area (Å²) in [7, 11) is -0.761. The molecule has 0 saturated carbocycles. The SMILES string of the molecule is c1ccc(Oc2ccc(-c3ccccc3)c(P(c3ccccc3)c3ccccc3)c2)cc1. The van der Waals surface area contributed by atoms with Crippen LogP contribution in [0.15, 0.2) is 140 Å². The van der Waals surface area contributed by atoms with Crippen LogP contribution in [0.25, 0.3) is 11.1 Å². The first-order valence-corrected chi connectivity index (χ1v) is 12.1. The standard InChI is InChI=1S/C30H23OP/c1-5-13-24(14-6-1)29-22-21-26(31-25-15-7-2-8-16-25)23-30(29)32(27-17-9-3-10-18-27)28-19-11-4-12-20-28/h1-23H. The Morgan fingerprint density at radius 3 is 1.50 bits per heavy atom. The van der Waals surface area contributed by atoms with Gasteiger partial charge in [0.25, 0.3) is 0 Å². The topological polar surface area (TPSA) is 9.23 Å². The van der Waals surface area contributed by atoms with Gasteiger partial charge in [-0.3, -0.25) is 0 Å². The van der Waals surface area contributed by atoms with Crippen molar-refractivity contribution in [3.8, 4) is 22.6 Å². The highest BCUT2D eigenvalue weighted by atomic mass is 31.1. The lowest BCUT2D eigenvalue weighted by Crippen LogP contribution is -2.22. The molecule has 0 heterocycles. The van der Waals surface area contributed by atoms with Crippen molar-refractivity contribution in [1.29, 1.82) is 0 Å². The summed E-state index contributed by atoms with van der Waals surface area (Å²) in [5.41, 5.74) is 2.46. The molecule has 5 aromatic carbocycles. The average molecular weight is 430 g/mol. The lowest BCUT2D eigenvalue weighted by molar-refractivity contribution is 0.483. The van der Waals surface area contributed by atoms with Crippen molar-refractivity contribution in [2.75, 3.05) is 0 Å². The maximum absolute atomic E-state index is 6.24. The van der Waals surface area contributed by atoms with Crippen LogP contribution < -0.4 is 20.7 Å². The Kier molecular flexibility index (Phi) is 6.10. The summed E-state index contributed by atoms with van der Waals surface area (Å²) < 4.78 is 6.24. The quantitative estimate of drug-likeness (QED) is 0.266. The monoisotopic (exact) mass is 430 g/mol. The van der Waals surface area contributed by atoms with E-state index in [1.54, 1.807) is 0 Å². The number of rotatable bonds is 6. The molecule has 0 spiro atoms. The molecular weight excluding hydrogens is 407 g/mol. The molecule has 0 saturated heterocycles. The summed E-state index contributed by atoms with van der Waals surface area (Å²) in [6, 6.07) is 48.7. The van der Waals surface area contributed by atoms with Crippen molar-refractivity contribution >= 4 is 23.8 Å². The Balaban J connectivity index is 1.70. The Morgan fingerprint density at radius 2 is 0.938 bits per heavy atom. The highest BCUT2D eigenvalue weighted by Crippen LogP contribution is 2.39. The third-order valence-corrected chi connectivity index (χ3v) is 7.78. The van der Waals surface area contributed by atoms with Crippen molar-refractivity contribution in [3.05, 3.63) is 140 Å². The molecule has 0 bridgehead atoms. The fourth-order valence-electron chi connectivity index (χ4n) is 3.83. The number of hydrogen-bond acceptors (Lipinski definition) is 1. The first kappa shape index (κ1) is 20.2. The summed E-state index contributed by atoms with van der Waals surface area (Å²) in [5.74, 6) is 1.69. The van der Waals surface area contributed by atoms with E-state index < -0.39 is 7.92 Å². The van der Waals surface area contributed by atoms with Crippen molar-refractivity contribution in [1.82, 2.24) is 0 Å². The molecule has 0 radical (unpaired) electrons. The van der Waals surface area contributed by atoms with Gasteiger partial charge in [0, 0.05) is 0 Å². The van der Waals surface area contributed by atoms with Gasteiger partial charge in [0.05, 0.1) is 0 Å². The third-order valence-electron chi connectivity index (χ3n) is 5.30. The van der Waals surface area contributed by atoms with E-state index in [9.17, 15) is 0 Å². The zero-order valence-electron chi connectivity index (χ0n) is 17.6. The molecule has 0 aromatic heterocycles. The van der Waals surface area contributed by atoms with Gasteiger partial charge in [-0.25, -0.2) is 0 Å². The maximum Gasteiger partial charge on any atom is 0.128 e. The fourth-order valence-corrected chi connectivity index (χ4v) is 6.32. The van der Waals surface area contributed by atoms with Crippen molar-refractivity contribution < 1.29 is 4.74 Å². The zero-order valence-corrected chi connectivity index (χ0v) is 18.5. The lowest BCUT2D eigenvalue weighted by Gasteiger charge is -2.23. The lowest BCUT2D eigenvalue weighted by atomic mass is 10.1. The molecule has 0 amide bonds. The fraction of sp³-hybridized carbons (Fsp3) is 0. The van der Waals surface area contributed by atoms with Crippen LogP contribution in [0.3, 0.4) is 0 Å². The minimum atomic E-state index is -0.761. The zero-order chi connectivity index (χ0) is 21.6. The molecule has 32 heavy (non-hydrogen) atoms. The van der Waals surface area contributed by atoms with Crippen LogP contribution in [0.1, 0.15) is 0 Å². The maximum atomic E-state index is 6.24. The van der Waals surface area contributed by atoms with E-state index >= 15 is 0 Å². The van der Waals surface area contributed by atoms with Crippen LogP contribution in [0.2, 0.25) is 0 Å². The molecule has 5 aromatic rings.